The van der Waals surface area contributed by atoms with E-state index >= 15 is 0 Å². The zero-order chi connectivity index (χ0) is 14.2. The first kappa shape index (κ1) is 15.3. The average Bonchev–Trinajstić information content (AvgIpc) is 2.49. The van der Waals surface area contributed by atoms with Gasteiger partial charge in [-0.2, -0.15) is 0 Å². The van der Waals surface area contributed by atoms with E-state index in [-0.39, 0.29) is 0 Å². The van der Waals surface area contributed by atoms with Crippen molar-refractivity contribution in [1.29, 1.82) is 0 Å². The number of benzene rings is 1. The Morgan fingerprint density at radius 3 is 2.95 bits per heavy atom. The predicted octanol–water partition coefficient (Wildman–Crippen LogP) is 3.05. The molecule has 0 spiro atoms. The van der Waals surface area contributed by atoms with Crippen molar-refractivity contribution in [2.45, 2.75) is 32.7 Å². The van der Waals surface area contributed by atoms with Crippen LogP contribution >= 0.6 is 0 Å². The van der Waals surface area contributed by atoms with Gasteiger partial charge in [-0.3, -0.25) is 0 Å². The SMILES string of the molecule is CCCNCc1ccccc1N(C)CC1CCCOC1. The van der Waals surface area contributed by atoms with Gasteiger partial charge in [-0.25, -0.2) is 0 Å². The largest absolute Gasteiger partial charge is 0.381 e. The summed E-state index contributed by atoms with van der Waals surface area (Å²) in [6, 6.07) is 8.72. The molecule has 1 heterocycles. The molecule has 1 aromatic carbocycles. The Hall–Kier alpha value is -1.06. The third-order valence-electron chi connectivity index (χ3n) is 3.93. The highest BCUT2D eigenvalue weighted by Crippen LogP contribution is 2.22. The zero-order valence-electron chi connectivity index (χ0n) is 12.9. The molecule has 1 aliphatic heterocycles. The maximum absolute atomic E-state index is 5.59. The van der Waals surface area contributed by atoms with Crippen LogP contribution in [0.4, 0.5) is 5.69 Å². The maximum atomic E-state index is 5.59. The summed E-state index contributed by atoms with van der Waals surface area (Å²) in [5.41, 5.74) is 2.74. The van der Waals surface area contributed by atoms with E-state index in [4.69, 9.17) is 4.74 Å². The molecule has 1 unspecified atom stereocenters. The Bertz CT molecular complexity index is 388. The first-order chi connectivity index (χ1) is 9.81. The summed E-state index contributed by atoms with van der Waals surface area (Å²) >= 11 is 0. The lowest BCUT2D eigenvalue weighted by molar-refractivity contribution is 0.0576. The maximum Gasteiger partial charge on any atom is 0.0511 e. The van der Waals surface area contributed by atoms with Crippen LogP contribution in [-0.4, -0.2) is 33.4 Å². The quantitative estimate of drug-likeness (QED) is 0.775. The van der Waals surface area contributed by atoms with Gasteiger partial charge in [0.2, 0.25) is 0 Å². The predicted molar refractivity (Wildman–Crippen MR) is 85.3 cm³/mol. The van der Waals surface area contributed by atoms with Crippen molar-refractivity contribution < 1.29 is 4.74 Å². The highest BCUT2D eigenvalue weighted by atomic mass is 16.5. The molecule has 2 rings (SSSR count). The smallest absolute Gasteiger partial charge is 0.0511 e. The third-order valence-corrected chi connectivity index (χ3v) is 3.93. The molecule has 112 valence electrons. The molecule has 0 saturated carbocycles. The van der Waals surface area contributed by atoms with Crippen LogP contribution in [0.2, 0.25) is 0 Å². The third kappa shape index (κ3) is 4.50. The van der Waals surface area contributed by atoms with Crippen LogP contribution in [0.1, 0.15) is 31.7 Å². The van der Waals surface area contributed by atoms with Crippen LogP contribution < -0.4 is 10.2 Å². The van der Waals surface area contributed by atoms with E-state index in [0.29, 0.717) is 5.92 Å². The molecular weight excluding hydrogens is 248 g/mol. The average molecular weight is 276 g/mol. The number of anilines is 1. The second-order valence-corrected chi connectivity index (χ2v) is 5.77. The van der Waals surface area contributed by atoms with E-state index in [0.717, 1.165) is 32.8 Å². The van der Waals surface area contributed by atoms with E-state index in [9.17, 15) is 0 Å². The van der Waals surface area contributed by atoms with Gasteiger partial charge < -0.3 is 15.0 Å². The molecular formula is C17H28N2O. The van der Waals surface area contributed by atoms with Gasteiger partial charge in [0.05, 0.1) is 6.61 Å². The van der Waals surface area contributed by atoms with Gasteiger partial charge in [0.15, 0.2) is 0 Å². The second-order valence-electron chi connectivity index (χ2n) is 5.77. The first-order valence-corrected chi connectivity index (χ1v) is 7.88. The molecule has 0 aliphatic carbocycles. The van der Waals surface area contributed by atoms with Crippen molar-refractivity contribution in [2.24, 2.45) is 5.92 Å². The fourth-order valence-corrected chi connectivity index (χ4v) is 2.87. The second kappa shape index (κ2) is 8.28. The van der Waals surface area contributed by atoms with Crippen molar-refractivity contribution in [3.63, 3.8) is 0 Å². The lowest BCUT2D eigenvalue weighted by Gasteiger charge is -2.29. The standard InChI is InChI=1S/C17H28N2O/c1-3-10-18-12-16-8-4-5-9-17(16)19(2)13-15-7-6-11-20-14-15/h4-5,8-9,15,18H,3,6-7,10-14H2,1-2H3. The molecule has 1 fully saturated rings. The van der Waals surface area contributed by atoms with E-state index in [1.54, 1.807) is 0 Å². The summed E-state index contributed by atoms with van der Waals surface area (Å²) in [5.74, 6) is 0.672. The van der Waals surface area contributed by atoms with E-state index in [1.807, 2.05) is 0 Å². The minimum absolute atomic E-state index is 0.672. The van der Waals surface area contributed by atoms with E-state index in [2.05, 4.69) is 48.5 Å². The van der Waals surface area contributed by atoms with E-state index < -0.39 is 0 Å². The normalized spacial score (nSPS) is 19.0. The molecule has 3 nitrogen and oxygen atoms in total. The van der Waals surface area contributed by atoms with Crippen molar-refractivity contribution in [3.8, 4) is 0 Å². The van der Waals surface area contributed by atoms with Gasteiger partial charge in [-0.05, 0) is 43.4 Å². The van der Waals surface area contributed by atoms with Crippen LogP contribution in [0.25, 0.3) is 0 Å². The number of hydrogen-bond acceptors (Lipinski definition) is 3. The summed E-state index contributed by atoms with van der Waals surface area (Å²) in [4.78, 5) is 2.39. The fraction of sp³-hybridized carbons (Fsp3) is 0.647. The molecule has 1 aliphatic rings. The number of rotatable bonds is 7. The zero-order valence-corrected chi connectivity index (χ0v) is 12.9. The minimum atomic E-state index is 0.672. The molecule has 1 saturated heterocycles. The molecule has 20 heavy (non-hydrogen) atoms. The summed E-state index contributed by atoms with van der Waals surface area (Å²) < 4.78 is 5.59. The van der Waals surface area contributed by atoms with Gasteiger partial charge in [-0.15, -0.1) is 0 Å². The molecule has 0 amide bonds. The van der Waals surface area contributed by atoms with Crippen LogP contribution in [0.3, 0.4) is 0 Å². The summed E-state index contributed by atoms with van der Waals surface area (Å²) in [7, 11) is 2.20. The first-order valence-electron chi connectivity index (χ1n) is 7.88. The fourth-order valence-electron chi connectivity index (χ4n) is 2.87. The number of nitrogens with one attached hydrogen (secondary N) is 1. The molecule has 0 aromatic heterocycles. The number of hydrogen-bond donors (Lipinski definition) is 1. The Morgan fingerprint density at radius 2 is 2.20 bits per heavy atom. The highest BCUT2D eigenvalue weighted by molar-refractivity contribution is 5.53. The summed E-state index contributed by atoms with van der Waals surface area (Å²) in [5, 5.41) is 3.50. The van der Waals surface area contributed by atoms with Crippen LogP contribution in [0.15, 0.2) is 24.3 Å². The molecule has 0 radical (unpaired) electrons. The molecule has 1 atom stereocenters. The van der Waals surface area contributed by atoms with Gasteiger partial charge in [0.1, 0.15) is 0 Å². The number of para-hydroxylation sites is 1. The van der Waals surface area contributed by atoms with Gasteiger partial charge in [0.25, 0.3) is 0 Å². The van der Waals surface area contributed by atoms with Crippen molar-refractivity contribution in [2.75, 3.05) is 38.3 Å². The molecule has 3 heteroatoms. The van der Waals surface area contributed by atoms with Crippen molar-refractivity contribution in [3.05, 3.63) is 29.8 Å². The highest BCUT2D eigenvalue weighted by Gasteiger charge is 2.17. The monoisotopic (exact) mass is 276 g/mol. The Morgan fingerprint density at radius 1 is 1.35 bits per heavy atom. The Balaban J connectivity index is 1.95. The summed E-state index contributed by atoms with van der Waals surface area (Å²) in [6.45, 7) is 7.18. The Labute approximate surface area is 123 Å². The van der Waals surface area contributed by atoms with Crippen LogP contribution in [0.5, 0.6) is 0 Å². The molecule has 1 N–H and O–H groups in total. The molecule has 1 aromatic rings. The lowest BCUT2D eigenvalue weighted by atomic mass is 10.0. The van der Waals surface area contributed by atoms with E-state index in [1.165, 1.54) is 30.5 Å². The van der Waals surface area contributed by atoms with Crippen molar-refractivity contribution in [1.82, 2.24) is 5.32 Å². The van der Waals surface area contributed by atoms with Crippen LogP contribution in [0, 0.1) is 5.92 Å². The molecule has 0 bridgehead atoms. The Kier molecular flexibility index (Phi) is 6.34. The van der Waals surface area contributed by atoms with Crippen molar-refractivity contribution >= 4 is 5.69 Å². The minimum Gasteiger partial charge on any atom is -0.381 e. The number of ether oxygens (including phenoxy) is 1. The topological polar surface area (TPSA) is 24.5 Å². The summed E-state index contributed by atoms with van der Waals surface area (Å²) in [6.07, 6.45) is 3.68. The van der Waals surface area contributed by atoms with Gasteiger partial charge in [-0.1, -0.05) is 25.1 Å². The number of nitrogens with zero attached hydrogens (tertiary/aromatic N) is 1. The van der Waals surface area contributed by atoms with Gasteiger partial charge in [0, 0.05) is 32.4 Å². The lowest BCUT2D eigenvalue weighted by Crippen LogP contribution is -2.31. The van der Waals surface area contributed by atoms with Crippen LogP contribution in [-0.2, 0) is 11.3 Å². The van der Waals surface area contributed by atoms with Gasteiger partial charge >= 0.3 is 0 Å².